The van der Waals surface area contributed by atoms with Crippen molar-refractivity contribution in [1.29, 1.82) is 0 Å². The number of hydrogen-bond donors (Lipinski definition) is 2. The quantitative estimate of drug-likeness (QED) is 0.521. The van der Waals surface area contributed by atoms with E-state index in [0.29, 0.717) is 27.1 Å². The maximum absolute atomic E-state index is 12.3. The number of carbonyl (C=O) groups excluding carboxylic acids is 1. The Morgan fingerprint density at radius 3 is 2.74 bits per heavy atom. The van der Waals surface area contributed by atoms with E-state index in [0.717, 1.165) is 11.3 Å². The van der Waals surface area contributed by atoms with E-state index >= 15 is 0 Å². The molecule has 0 spiro atoms. The fourth-order valence-corrected chi connectivity index (χ4v) is 2.97. The van der Waals surface area contributed by atoms with Crippen LogP contribution in [0.5, 0.6) is 0 Å². The van der Waals surface area contributed by atoms with Gasteiger partial charge in [-0.2, -0.15) is 9.61 Å². The number of carbonyl (C=O) groups is 1. The van der Waals surface area contributed by atoms with Gasteiger partial charge in [0.2, 0.25) is 0 Å². The van der Waals surface area contributed by atoms with Crippen molar-refractivity contribution in [3.8, 4) is 11.3 Å². The smallest absolute Gasteiger partial charge is 0.308 e. The number of fused-ring (bicyclic) bond motifs is 1. The molecule has 0 aliphatic heterocycles. The minimum Gasteiger partial charge on any atom is -0.308 e. The summed E-state index contributed by atoms with van der Waals surface area (Å²) < 4.78 is 1.59. The van der Waals surface area contributed by atoms with Gasteiger partial charge < -0.3 is 10.6 Å². The molecule has 2 aromatic heterocycles. The van der Waals surface area contributed by atoms with Crippen molar-refractivity contribution in [2.24, 2.45) is 0 Å². The number of nitrogens with zero attached hydrogens (tertiary/aromatic N) is 4. The van der Waals surface area contributed by atoms with Gasteiger partial charge in [-0.15, -0.1) is 10.2 Å². The standard InChI is InChI=1S/C18H12Cl2N6O/c19-12-4-5-16(14(20)9-12)23-18(27)22-13-3-1-2-11(8-13)15-6-7-17-24-21-10-26(17)25-15/h1-10H,(H2,22,23,27). The van der Waals surface area contributed by atoms with Gasteiger partial charge in [0.05, 0.1) is 16.4 Å². The van der Waals surface area contributed by atoms with Gasteiger partial charge in [0.15, 0.2) is 5.65 Å². The van der Waals surface area contributed by atoms with Gasteiger partial charge in [0.1, 0.15) is 6.33 Å². The molecule has 0 bridgehead atoms. The van der Waals surface area contributed by atoms with Crippen molar-refractivity contribution >= 4 is 46.3 Å². The van der Waals surface area contributed by atoms with E-state index in [1.807, 2.05) is 30.3 Å². The fraction of sp³-hybridized carbons (Fsp3) is 0. The molecule has 0 radical (unpaired) electrons. The van der Waals surface area contributed by atoms with Gasteiger partial charge in [0, 0.05) is 16.3 Å². The summed E-state index contributed by atoms with van der Waals surface area (Å²) in [6.45, 7) is 0. The zero-order chi connectivity index (χ0) is 18.8. The van der Waals surface area contributed by atoms with E-state index in [1.54, 1.807) is 28.8 Å². The first kappa shape index (κ1) is 17.3. The van der Waals surface area contributed by atoms with Crippen molar-refractivity contribution in [1.82, 2.24) is 19.8 Å². The largest absolute Gasteiger partial charge is 0.323 e. The number of nitrogens with one attached hydrogen (secondary N) is 2. The fourth-order valence-electron chi connectivity index (χ4n) is 2.51. The van der Waals surface area contributed by atoms with E-state index in [-0.39, 0.29) is 0 Å². The number of benzene rings is 2. The Morgan fingerprint density at radius 1 is 1.00 bits per heavy atom. The second-order valence-electron chi connectivity index (χ2n) is 5.64. The number of halogens is 2. The van der Waals surface area contributed by atoms with Crippen LogP contribution in [0.15, 0.2) is 60.9 Å². The number of amides is 2. The van der Waals surface area contributed by atoms with Crippen LogP contribution in [0.25, 0.3) is 16.9 Å². The van der Waals surface area contributed by atoms with Crippen molar-refractivity contribution in [2.75, 3.05) is 10.6 Å². The summed E-state index contributed by atoms with van der Waals surface area (Å²) in [4.78, 5) is 12.3. The molecule has 9 heteroatoms. The molecule has 7 nitrogen and oxygen atoms in total. The van der Waals surface area contributed by atoms with Crippen LogP contribution >= 0.6 is 23.2 Å². The van der Waals surface area contributed by atoms with Crippen LogP contribution in [-0.4, -0.2) is 25.8 Å². The number of rotatable bonds is 3. The molecule has 27 heavy (non-hydrogen) atoms. The lowest BCUT2D eigenvalue weighted by Gasteiger charge is -2.10. The number of anilines is 2. The molecule has 134 valence electrons. The molecule has 4 aromatic rings. The Balaban J connectivity index is 1.52. The van der Waals surface area contributed by atoms with Gasteiger partial charge in [-0.05, 0) is 42.5 Å². The predicted molar refractivity (Wildman–Crippen MR) is 105 cm³/mol. The minimum absolute atomic E-state index is 0.359. The molecular formula is C18H12Cl2N6O. The van der Waals surface area contributed by atoms with Crippen LogP contribution in [0, 0.1) is 0 Å². The first-order valence-corrected chi connectivity index (χ1v) is 8.65. The van der Waals surface area contributed by atoms with Crippen molar-refractivity contribution in [3.05, 3.63) is 71.0 Å². The van der Waals surface area contributed by atoms with E-state index < -0.39 is 6.03 Å². The van der Waals surface area contributed by atoms with Gasteiger partial charge >= 0.3 is 6.03 Å². The van der Waals surface area contributed by atoms with Crippen molar-refractivity contribution in [3.63, 3.8) is 0 Å². The SMILES string of the molecule is O=C(Nc1cccc(-c2ccc3nncn3n2)c1)Nc1ccc(Cl)cc1Cl. The van der Waals surface area contributed by atoms with Gasteiger partial charge in [-0.25, -0.2) is 4.79 Å². The van der Waals surface area contributed by atoms with E-state index in [1.165, 1.54) is 6.33 Å². The average molecular weight is 399 g/mol. The lowest BCUT2D eigenvalue weighted by molar-refractivity contribution is 0.262. The summed E-state index contributed by atoms with van der Waals surface area (Å²) in [5, 5.41) is 18.5. The van der Waals surface area contributed by atoms with Gasteiger partial charge in [0.25, 0.3) is 0 Å². The lowest BCUT2D eigenvalue weighted by atomic mass is 10.1. The second kappa shape index (κ2) is 7.22. The molecular weight excluding hydrogens is 387 g/mol. The molecule has 0 aliphatic rings. The topological polar surface area (TPSA) is 84.2 Å². The van der Waals surface area contributed by atoms with Crippen molar-refractivity contribution < 1.29 is 4.79 Å². The van der Waals surface area contributed by atoms with Crippen LogP contribution in [0.3, 0.4) is 0 Å². The molecule has 4 rings (SSSR count). The highest BCUT2D eigenvalue weighted by Gasteiger charge is 2.08. The highest BCUT2D eigenvalue weighted by molar-refractivity contribution is 6.36. The van der Waals surface area contributed by atoms with E-state index in [4.69, 9.17) is 23.2 Å². The summed E-state index contributed by atoms with van der Waals surface area (Å²) in [6.07, 6.45) is 1.53. The molecule has 0 fully saturated rings. The third-order valence-corrected chi connectivity index (χ3v) is 4.31. The molecule has 0 unspecified atom stereocenters. The van der Waals surface area contributed by atoms with E-state index in [2.05, 4.69) is 25.9 Å². The highest BCUT2D eigenvalue weighted by Crippen LogP contribution is 2.26. The third kappa shape index (κ3) is 3.84. The second-order valence-corrected chi connectivity index (χ2v) is 6.48. The molecule has 0 saturated carbocycles. The van der Waals surface area contributed by atoms with Crippen LogP contribution < -0.4 is 10.6 Å². The van der Waals surface area contributed by atoms with Crippen LogP contribution in [0.4, 0.5) is 16.2 Å². The summed E-state index contributed by atoms with van der Waals surface area (Å²) in [5.41, 5.74) is 3.31. The molecule has 0 saturated heterocycles. The maximum atomic E-state index is 12.3. The molecule has 2 N–H and O–H groups in total. The molecule has 0 atom stereocenters. The van der Waals surface area contributed by atoms with Crippen LogP contribution in [0.2, 0.25) is 10.0 Å². The summed E-state index contributed by atoms with van der Waals surface area (Å²) in [6, 6.07) is 15.4. The first-order chi connectivity index (χ1) is 13.1. The Bertz CT molecular complexity index is 1140. The Kier molecular flexibility index (Phi) is 4.62. The Labute approximate surface area is 163 Å². The summed E-state index contributed by atoms with van der Waals surface area (Å²) in [7, 11) is 0. The third-order valence-electron chi connectivity index (χ3n) is 3.76. The predicted octanol–water partition coefficient (Wildman–Crippen LogP) is 4.74. The van der Waals surface area contributed by atoms with Crippen LogP contribution in [0.1, 0.15) is 0 Å². The zero-order valence-corrected chi connectivity index (χ0v) is 15.2. The Morgan fingerprint density at radius 2 is 1.89 bits per heavy atom. The average Bonchev–Trinajstić information content (AvgIpc) is 3.12. The van der Waals surface area contributed by atoms with Gasteiger partial charge in [-0.1, -0.05) is 35.3 Å². The minimum atomic E-state index is -0.418. The monoisotopic (exact) mass is 398 g/mol. The number of hydrogen-bond acceptors (Lipinski definition) is 4. The maximum Gasteiger partial charge on any atom is 0.323 e. The zero-order valence-electron chi connectivity index (χ0n) is 13.7. The molecule has 2 aromatic carbocycles. The normalized spacial score (nSPS) is 10.7. The summed E-state index contributed by atoms with van der Waals surface area (Å²) >= 11 is 11.9. The molecule has 2 amide bonds. The first-order valence-electron chi connectivity index (χ1n) is 7.89. The van der Waals surface area contributed by atoms with E-state index in [9.17, 15) is 4.79 Å². The molecule has 0 aliphatic carbocycles. The molecule has 2 heterocycles. The van der Waals surface area contributed by atoms with Crippen LogP contribution in [-0.2, 0) is 0 Å². The van der Waals surface area contributed by atoms with Gasteiger partial charge in [-0.3, -0.25) is 0 Å². The Hall–Kier alpha value is -3.16. The number of urea groups is 1. The number of aromatic nitrogens is 4. The lowest BCUT2D eigenvalue weighted by Crippen LogP contribution is -2.19. The summed E-state index contributed by atoms with van der Waals surface area (Å²) in [5.74, 6) is 0. The van der Waals surface area contributed by atoms with Crippen molar-refractivity contribution in [2.45, 2.75) is 0 Å². The highest BCUT2D eigenvalue weighted by atomic mass is 35.5.